The number of hydrogen-bond acceptors (Lipinski definition) is 5. The summed E-state index contributed by atoms with van der Waals surface area (Å²) >= 11 is 4.95. The van der Waals surface area contributed by atoms with Gasteiger partial charge in [0.05, 0.1) is 6.61 Å². The van der Waals surface area contributed by atoms with Crippen LogP contribution in [0.2, 0.25) is 0 Å². The molecule has 0 bridgehead atoms. The van der Waals surface area contributed by atoms with Gasteiger partial charge >= 0.3 is 12.1 Å². The Morgan fingerprint density at radius 1 is 1.32 bits per heavy atom. The number of nitrogens with one attached hydrogen (secondary N) is 1. The lowest BCUT2D eigenvalue weighted by molar-refractivity contribution is -0.139. The molecule has 0 saturated carbocycles. The van der Waals surface area contributed by atoms with E-state index in [4.69, 9.17) is 9.47 Å². The van der Waals surface area contributed by atoms with E-state index in [2.05, 4.69) is 21.2 Å². The van der Waals surface area contributed by atoms with E-state index in [1.807, 2.05) is 24.3 Å². The van der Waals surface area contributed by atoms with E-state index >= 15 is 0 Å². The van der Waals surface area contributed by atoms with E-state index < -0.39 is 23.7 Å². The molecule has 0 aliphatic heterocycles. The van der Waals surface area contributed by atoms with Crippen molar-refractivity contribution in [1.82, 2.24) is 5.32 Å². The highest BCUT2D eigenvalue weighted by Gasteiger charge is 2.23. The zero-order valence-electron chi connectivity index (χ0n) is 14.6. The fourth-order valence-corrected chi connectivity index (χ4v) is 2.97. The Hall–Kier alpha value is -1.41. The number of carbonyl (C=O) groups is 2. The molecule has 1 amide bonds. The fourth-order valence-electron chi connectivity index (χ4n) is 1.79. The summed E-state index contributed by atoms with van der Waals surface area (Å²) < 4.78 is 11.6. The number of halogens is 1. The van der Waals surface area contributed by atoms with Crippen LogP contribution < -0.4 is 10.1 Å². The Kier molecular flexibility index (Phi) is 9.13. The smallest absolute Gasteiger partial charge is 0.408 e. The third-order valence-corrected chi connectivity index (χ3v) is 4.31. The number of aliphatic carboxylic acids is 1. The minimum Gasteiger partial charge on any atom is -0.493 e. The first-order chi connectivity index (χ1) is 11.7. The summed E-state index contributed by atoms with van der Waals surface area (Å²) in [6.45, 7) is 5.70. The van der Waals surface area contributed by atoms with Crippen molar-refractivity contribution in [2.24, 2.45) is 0 Å². The van der Waals surface area contributed by atoms with Gasteiger partial charge in [-0.05, 0) is 51.1 Å². The van der Waals surface area contributed by atoms with Crippen molar-refractivity contribution in [1.29, 1.82) is 0 Å². The van der Waals surface area contributed by atoms with Crippen molar-refractivity contribution in [3.05, 3.63) is 28.7 Å². The van der Waals surface area contributed by atoms with Crippen molar-refractivity contribution in [2.75, 3.05) is 18.1 Å². The average Bonchev–Trinajstić information content (AvgIpc) is 2.47. The minimum absolute atomic E-state index is 0.316. The summed E-state index contributed by atoms with van der Waals surface area (Å²) in [5.74, 6) is 1.03. The number of hydrogen-bond donors (Lipinski definition) is 2. The predicted octanol–water partition coefficient (Wildman–Crippen LogP) is 3.93. The highest BCUT2D eigenvalue weighted by molar-refractivity contribution is 9.10. The van der Waals surface area contributed by atoms with E-state index in [9.17, 15) is 14.7 Å². The number of ether oxygens (including phenoxy) is 2. The Bertz CT molecular complexity index is 576. The van der Waals surface area contributed by atoms with Gasteiger partial charge in [0.1, 0.15) is 17.4 Å². The van der Waals surface area contributed by atoms with Gasteiger partial charge in [0, 0.05) is 10.2 Å². The van der Waals surface area contributed by atoms with Crippen LogP contribution in [0.25, 0.3) is 0 Å². The van der Waals surface area contributed by atoms with Gasteiger partial charge in [-0.15, -0.1) is 0 Å². The average molecular weight is 434 g/mol. The summed E-state index contributed by atoms with van der Waals surface area (Å²) in [5.41, 5.74) is -0.661. The number of amides is 1. The Labute approximate surface area is 160 Å². The molecule has 0 saturated heterocycles. The third-order valence-electron chi connectivity index (χ3n) is 2.83. The number of carboxylic acids is 1. The van der Waals surface area contributed by atoms with Crippen LogP contribution in [0.4, 0.5) is 4.79 Å². The van der Waals surface area contributed by atoms with Crippen LogP contribution in [0.3, 0.4) is 0 Å². The lowest BCUT2D eigenvalue weighted by atomic mass is 10.2. The monoisotopic (exact) mass is 433 g/mol. The van der Waals surface area contributed by atoms with E-state index in [0.29, 0.717) is 18.8 Å². The van der Waals surface area contributed by atoms with Crippen LogP contribution in [-0.2, 0) is 9.53 Å². The second-order valence-corrected chi connectivity index (χ2v) is 8.38. The van der Waals surface area contributed by atoms with Gasteiger partial charge in [0.2, 0.25) is 0 Å². The minimum atomic E-state index is -1.07. The first-order valence-electron chi connectivity index (χ1n) is 7.86. The van der Waals surface area contributed by atoms with Gasteiger partial charge in [-0.3, -0.25) is 0 Å². The zero-order valence-corrected chi connectivity index (χ0v) is 17.0. The normalized spacial score (nSPS) is 12.3. The summed E-state index contributed by atoms with van der Waals surface area (Å²) in [7, 11) is 0. The molecule has 1 aromatic rings. The SMILES string of the molecule is CC(C)(C)OC(=O)NC(CCSCCOc1cccc(Br)c1)C(=O)O. The van der Waals surface area contributed by atoms with E-state index in [-0.39, 0.29) is 0 Å². The first kappa shape index (κ1) is 21.6. The molecule has 2 N–H and O–H groups in total. The van der Waals surface area contributed by atoms with Crippen LogP contribution >= 0.6 is 27.7 Å². The molecule has 0 aliphatic carbocycles. The number of carboxylic acid groups (broad SMARTS) is 1. The lowest BCUT2D eigenvalue weighted by Crippen LogP contribution is -2.43. The third kappa shape index (κ3) is 10.2. The van der Waals surface area contributed by atoms with Gasteiger partial charge in [0.25, 0.3) is 0 Å². The topological polar surface area (TPSA) is 84.9 Å². The lowest BCUT2D eigenvalue weighted by Gasteiger charge is -2.21. The molecule has 140 valence electrons. The molecule has 0 radical (unpaired) electrons. The predicted molar refractivity (Wildman–Crippen MR) is 102 cm³/mol. The fraction of sp³-hybridized carbons (Fsp3) is 0.529. The van der Waals surface area contributed by atoms with Gasteiger partial charge in [-0.1, -0.05) is 22.0 Å². The van der Waals surface area contributed by atoms with Crippen molar-refractivity contribution in [3.63, 3.8) is 0 Å². The number of thioether (sulfide) groups is 1. The molecule has 1 aromatic carbocycles. The largest absolute Gasteiger partial charge is 0.493 e. The zero-order chi connectivity index (χ0) is 18.9. The van der Waals surface area contributed by atoms with Gasteiger partial charge in [-0.2, -0.15) is 11.8 Å². The summed E-state index contributed by atoms with van der Waals surface area (Å²) in [4.78, 5) is 22.9. The van der Waals surface area contributed by atoms with E-state index in [1.54, 1.807) is 32.5 Å². The molecule has 6 nitrogen and oxygen atoms in total. The van der Waals surface area contributed by atoms with Crippen LogP contribution in [0, 0.1) is 0 Å². The maximum atomic E-state index is 11.7. The van der Waals surface area contributed by atoms with Crippen LogP contribution in [0.1, 0.15) is 27.2 Å². The number of benzene rings is 1. The number of rotatable bonds is 9. The Balaban J connectivity index is 2.24. The highest BCUT2D eigenvalue weighted by atomic mass is 79.9. The van der Waals surface area contributed by atoms with Gasteiger partial charge < -0.3 is 19.9 Å². The molecule has 1 unspecified atom stereocenters. The molecule has 0 aromatic heterocycles. The number of carbonyl (C=O) groups excluding carboxylic acids is 1. The maximum absolute atomic E-state index is 11.7. The van der Waals surface area contributed by atoms with E-state index in [1.165, 1.54) is 0 Å². The molecule has 0 spiro atoms. The van der Waals surface area contributed by atoms with Crippen molar-refractivity contribution in [3.8, 4) is 5.75 Å². The Morgan fingerprint density at radius 2 is 2.04 bits per heavy atom. The van der Waals surface area contributed by atoms with Crippen molar-refractivity contribution in [2.45, 2.75) is 38.8 Å². The molecular weight excluding hydrogens is 410 g/mol. The molecule has 1 atom stereocenters. The highest BCUT2D eigenvalue weighted by Crippen LogP contribution is 2.18. The number of alkyl carbamates (subject to hydrolysis) is 1. The van der Waals surface area contributed by atoms with Crippen LogP contribution in [0.5, 0.6) is 5.75 Å². The van der Waals surface area contributed by atoms with Crippen molar-refractivity contribution < 1.29 is 24.2 Å². The second-order valence-electron chi connectivity index (χ2n) is 6.24. The van der Waals surface area contributed by atoms with Crippen LogP contribution in [0.15, 0.2) is 28.7 Å². The summed E-state index contributed by atoms with van der Waals surface area (Å²) in [5, 5.41) is 11.6. The standard InChI is InChI=1S/C17H24BrNO5S/c1-17(2,3)24-16(22)19-14(15(20)21)7-9-25-10-8-23-13-6-4-5-12(18)11-13/h4-6,11,14H,7-10H2,1-3H3,(H,19,22)(H,20,21). The van der Waals surface area contributed by atoms with Gasteiger partial charge in [0.15, 0.2) is 0 Å². The summed E-state index contributed by atoms with van der Waals surface area (Å²) in [6.07, 6.45) is -0.404. The Morgan fingerprint density at radius 3 is 2.64 bits per heavy atom. The van der Waals surface area contributed by atoms with Gasteiger partial charge in [-0.25, -0.2) is 9.59 Å². The quantitative estimate of drug-likeness (QED) is 0.573. The first-order valence-corrected chi connectivity index (χ1v) is 9.80. The molecule has 0 aliphatic rings. The molecule has 25 heavy (non-hydrogen) atoms. The molecular formula is C17H24BrNO5S. The summed E-state index contributed by atoms with van der Waals surface area (Å²) in [6, 6.07) is 6.61. The second kappa shape index (κ2) is 10.6. The van der Waals surface area contributed by atoms with Crippen LogP contribution in [-0.4, -0.2) is 46.9 Å². The van der Waals surface area contributed by atoms with E-state index in [0.717, 1.165) is 16.0 Å². The molecule has 0 heterocycles. The van der Waals surface area contributed by atoms with Crippen molar-refractivity contribution >= 4 is 39.8 Å². The maximum Gasteiger partial charge on any atom is 0.408 e. The molecule has 8 heteroatoms. The molecule has 0 fully saturated rings. The molecule has 1 rings (SSSR count).